The summed E-state index contributed by atoms with van der Waals surface area (Å²) in [7, 11) is 3.65. The van der Waals surface area contributed by atoms with Gasteiger partial charge in [0.05, 0.1) is 13.1 Å². The van der Waals surface area contributed by atoms with Crippen LogP contribution >= 0.6 is 0 Å². The minimum atomic E-state index is -0.743. The number of hydrogen-bond donors (Lipinski definition) is 2. The van der Waals surface area contributed by atoms with E-state index < -0.39 is 12.2 Å². The maximum atomic E-state index is 13.8. The van der Waals surface area contributed by atoms with Gasteiger partial charge < -0.3 is 25.1 Å². The van der Waals surface area contributed by atoms with E-state index in [1.807, 2.05) is 37.4 Å². The fourth-order valence-electron chi connectivity index (χ4n) is 5.85. The molecule has 2 atom stereocenters. The van der Waals surface area contributed by atoms with E-state index in [-0.39, 0.29) is 30.7 Å². The van der Waals surface area contributed by atoms with E-state index >= 15 is 0 Å². The highest BCUT2D eigenvalue weighted by molar-refractivity contribution is 5.91. The maximum Gasteiger partial charge on any atom is 0.246 e. The number of anilines is 1. The van der Waals surface area contributed by atoms with Crippen LogP contribution in [-0.2, 0) is 33.9 Å². The molecule has 0 aromatic heterocycles. The Hall–Kier alpha value is -4.41. The van der Waals surface area contributed by atoms with E-state index in [9.17, 15) is 19.5 Å². The average molecular weight is 601 g/mol. The highest BCUT2D eigenvalue weighted by Crippen LogP contribution is 2.28. The molecule has 2 aliphatic heterocycles. The third-order valence-corrected chi connectivity index (χ3v) is 8.10. The van der Waals surface area contributed by atoms with Crippen LogP contribution in [0.25, 0.3) is 0 Å². The molecule has 0 spiro atoms. The summed E-state index contributed by atoms with van der Waals surface area (Å²) in [4.78, 5) is 44.4. The molecule has 3 aromatic rings. The van der Waals surface area contributed by atoms with Crippen molar-refractivity contribution in [2.75, 3.05) is 45.2 Å². The first kappa shape index (κ1) is 32.5. The van der Waals surface area contributed by atoms with Gasteiger partial charge in [-0.15, -0.1) is 0 Å². The summed E-state index contributed by atoms with van der Waals surface area (Å²) in [6.07, 6.45) is 0.439. The Morgan fingerprint density at radius 1 is 0.932 bits per heavy atom. The summed E-state index contributed by atoms with van der Waals surface area (Å²) in [6.45, 7) is 7.59. The van der Waals surface area contributed by atoms with Crippen molar-refractivity contribution in [3.05, 3.63) is 95.6 Å². The zero-order valence-electron chi connectivity index (χ0n) is 26.1. The zero-order chi connectivity index (χ0) is 31.6. The number of carbonyl (C=O) groups excluding carboxylic acids is 3. The van der Waals surface area contributed by atoms with Gasteiger partial charge in [-0.25, -0.2) is 5.01 Å². The number of rotatable bonds is 10. The predicted octanol–water partition coefficient (Wildman–Crippen LogP) is 3.07. The molecule has 10 heteroatoms. The van der Waals surface area contributed by atoms with Gasteiger partial charge in [0.25, 0.3) is 0 Å². The summed E-state index contributed by atoms with van der Waals surface area (Å²) in [6, 6.07) is 24.4. The first-order chi connectivity index (χ1) is 21.3. The van der Waals surface area contributed by atoms with Gasteiger partial charge in [0, 0.05) is 45.3 Å². The standard InChI is InChI=1S/C26H33N5O4.C8H11N/c1-4-28(5-2)21-8-6-7-20(13-21)15-29-16-24-30(18-32)27(3)17-25(34)31(24)23(26(29)35)14-19-9-11-22(33)12-10-19;1-9-7-8-5-3-2-4-6-8/h6-13,18,23-24,33H,4-5,14-17H2,1-3H3;2-6,9H,7H2,1H3/t23-,24?;/m0./s1. The number of nitrogens with one attached hydrogen (secondary N) is 1. The second-order valence-corrected chi connectivity index (χ2v) is 11.0. The number of benzene rings is 3. The second-order valence-electron chi connectivity index (χ2n) is 11.0. The lowest BCUT2D eigenvalue weighted by Gasteiger charge is -2.53. The number of piperazine rings is 1. The molecule has 5 rings (SSSR count). The van der Waals surface area contributed by atoms with Crippen molar-refractivity contribution in [3.8, 4) is 5.75 Å². The van der Waals surface area contributed by atoms with Gasteiger partial charge in [0.15, 0.2) is 0 Å². The van der Waals surface area contributed by atoms with E-state index in [0.29, 0.717) is 13.0 Å². The number of nitrogens with zero attached hydrogens (tertiary/aromatic N) is 5. The molecule has 0 bridgehead atoms. The molecule has 1 unspecified atom stereocenters. The third-order valence-electron chi connectivity index (χ3n) is 8.10. The molecule has 2 saturated heterocycles. The SMILES string of the molecule is CCN(CC)c1cccc(CN2CC3N(C(=O)CN(C)N3C=O)[C@@H](Cc3ccc(O)cc3)C2=O)c1.CNCc1ccccc1. The van der Waals surface area contributed by atoms with Crippen LogP contribution in [0, 0.1) is 0 Å². The number of carbonyl (C=O) groups is 3. The number of fused-ring (bicyclic) bond motifs is 1. The third kappa shape index (κ3) is 7.75. The van der Waals surface area contributed by atoms with Crippen LogP contribution in [0.4, 0.5) is 5.69 Å². The van der Waals surface area contributed by atoms with E-state index in [0.717, 1.165) is 42.9 Å². The zero-order valence-corrected chi connectivity index (χ0v) is 26.1. The minimum absolute atomic E-state index is 0.0283. The molecule has 2 aliphatic rings. The lowest BCUT2D eigenvalue weighted by molar-refractivity contribution is -0.196. The van der Waals surface area contributed by atoms with Crippen molar-refractivity contribution in [2.45, 2.75) is 45.6 Å². The molecule has 234 valence electrons. The van der Waals surface area contributed by atoms with Crippen LogP contribution in [0.2, 0.25) is 0 Å². The fourth-order valence-corrected chi connectivity index (χ4v) is 5.85. The first-order valence-corrected chi connectivity index (χ1v) is 15.1. The molecule has 0 saturated carbocycles. The predicted molar refractivity (Wildman–Crippen MR) is 171 cm³/mol. The maximum absolute atomic E-state index is 13.8. The molecular weight excluding hydrogens is 556 g/mol. The highest BCUT2D eigenvalue weighted by Gasteiger charge is 2.48. The Bertz CT molecular complexity index is 1380. The molecule has 44 heavy (non-hydrogen) atoms. The first-order valence-electron chi connectivity index (χ1n) is 15.1. The number of hydrazine groups is 1. The summed E-state index contributed by atoms with van der Waals surface area (Å²) in [5.74, 6) is -0.193. The molecule has 10 nitrogen and oxygen atoms in total. The summed E-state index contributed by atoms with van der Waals surface area (Å²) in [5, 5.41) is 15.8. The van der Waals surface area contributed by atoms with Crippen molar-refractivity contribution >= 4 is 23.9 Å². The minimum Gasteiger partial charge on any atom is -0.508 e. The fraction of sp³-hybridized carbons (Fsp3) is 0.382. The molecule has 3 aromatic carbocycles. The van der Waals surface area contributed by atoms with Gasteiger partial charge in [-0.05, 0) is 61.9 Å². The van der Waals surface area contributed by atoms with Crippen LogP contribution < -0.4 is 10.2 Å². The van der Waals surface area contributed by atoms with Gasteiger partial charge in [-0.1, -0.05) is 54.6 Å². The van der Waals surface area contributed by atoms with Crippen molar-refractivity contribution in [2.24, 2.45) is 0 Å². The highest BCUT2D eigenvalue weighted by atomic mass is 16.3. The largest absolute Gasteiger partial charge is 0.508 e. The van der Waals surface area contributed by atoms with Gasteiger partial charge in [-0.2, -0.15) is 0 Å². The van der Waals surface area contributed by atoms with Crippen LogP contribution in [0.15, 0.2) is 78.9 Å². The van der Waals surface area contributed by atoms with Gasteiger partial charge in [-0.3, -0.25) is 19.4 Å². The molecule has 2 heterocycles. The van der Waals surface area contributed by atoms with E-state index in [1.54, 1.807) is 46.1 Å². The molecule has 2 N–H and O–H groups in total. The van der Waals surface area contributed by atoms with Gasteiger partial charge in [0.1, 0.15) is 18.0 Å². The lowest BCUT2D eigenvalue weighted by atomic mass is 9.98. The number of likely N-dealkylation sites (N-methyl/N-ethyl adjacent to an activating group) is 1. The van der Waals surface area contributed by atoms with Crippen molar-refractivity contribution in [1.82, 2.24) is 25.1 Å². The monoisotopic (exact) mass is 600 g/mol. The Morgan fingerprint density at radius 2 is 1.61 bits per heavy atom. The number of phenolic OH excluding ortho intramolecular Hbond substituents is 1. The summed E-state index contributed by atoms with van der Waals surface area (Å²) in [5.41, 5.74) is 4.25. The quantitative estimate of drug-likeness (QED) is 0.345. The Balaban J connectivity index is 0.000000421. The van der Waals surface area contributed by atoms with Crippen LogP contribution in [0.3, 0.4) is 0 Å². The van der Waals surface area contributed by atoms with Crippen LogP contribution in [-0.4, -0.2) is 95.6 Å². The van der Waals surface area contributed by atoms with Crippen molar-refractivity contribution in [3.63, 3.8) is 0 Å². The van der Waals surface area contributed by atoms with E-state index in [4.69, 9.17) is 0 Å². The average Bonchev–Trinajstić information content (AvgIpc) is 3.02. The topological polar surface area (TPSA) is 99.7 Å². The second kappa shape index (κ2) is 15.4. The van der Waals surface area contributed by atoms with E-state index in [1.165, 1.54) is 10.6 Å². The van der Waals surface area contributed by atoms with Crippen molar-refractivity contribution in [1.29, 1.82) is 0 Å². The summed E-state index contributed by atoms with van der Waals surface area (Å²) >= 11 is 0. The molecule has 3 amide bonds. The van der Waals surface area contributed by atoms with E-state index in [2.05, 4.69) is 48.3 Å². The number of aromatic hydroxyl groups is 1. The molecular formula is C34H44N6O4. The number of hydrogen-bond acceptors (Lipinski definition) is 7. The van der Waals surface area contributed by atoms with Crippen molar-refractivity contribution < 1.29 is 19.5 Å². The Morgan fingerprint density at radius 3 is 2.25 bits per heavy atom. The number of phenols is 1. The summed E-state index contributed by atoms with van der Waals surface area (Å²) < 4.78 is 0. The van der Waals surface area contributed by atoms with Gasteiger partial charge in [0.2, 0.25) is 18.2 Å². The number of amides is 3. The smallest absolute Gasteiger partial charge is 0.246 e. The Labute approximate surface area is 260 Å². The van der Waals surface area contributed by atoms with Gasteiger partial charge >= 0.3 is 0 Å². The normalized spacial score (nSPS) is 18.4. The molecule has 2 fully saturated rings. The van der Waals surface area contributed by atoms with Crippen LogP contribution in [0.1, 0.15) is 30.5 Å². The lowest BCUT2D eigenvalue weighted by Crippen LogP contribution is -2.74. The molecule has 0 aliphatic carbocycles. The Kier molecular flexibility index (Phi) is 11.3. The van der Waals surface area contributed by atoms with Crippen LogP contribution in [0.5, 0.6) is 5.75 Å². The molecule has 0 radical (unpaired) electrons.